The van der Waals surface area contributed by atoms with Crippen LogP contribution in [-0.4, -0.2) is 18.8 Å². The number of rotatable bonds is 4. The Balaban J connectivity index is 3.51. The predicted molar refractivity (Wildman–Crippen MR) is 71.9 cm³/mol. The molecule has 0 saturated carbocycles. The summed E-state index contributed by atoms with van der Waals surface area (Å²) in [5.41, 5.74) is 3.30. The first-order valence-corrected chi connectivity index (χ1v) is 6.14. The van der Waals surface area contributed by atoms with Crippen molar-refractivity contribution in [1.29, 1.82) is 0 Å². The molecule has 96 valence electrons. The van der Waals surface area contributed by atoms with Crippen LogP contribution in [0.25, 0.3) is 0 Å². The Morgan fingerprint density at radius 1 is 1.29 bits per heavy atom. The van der Waals surface area contributed by atoms with Crippen LogP contribution in [0, 0.1) is 6.92 Å². The summed E-state index contributed by atoms with van der Waals surface area (Å²) in [4.78, 5) is 0. The van der Waals surface area contributed by atoms with E-state index in [0.29, 0.717) is 5.92 Å². The second-order valence-electron chi connectivity index (χ2n) is 5.57. The summed E-state index contributed by atoms with van der Waals surface area (Å²) in [5, 5.41) is 9.55. The molecular formula is C15H24O2. The van der Waals surface area contributed by atoms with E-state index in [1.165, 1.54) is 11.1 Å². The van der Waals surface area contributed by atoms with Gasteiger partial charge in [-0.15, -0.1) is 0 Å². The average Bonchev–Trinajstić information content (AvgIpc) is 2.27. The summed E-state index contributed by atoms with van der Waals surface area (Å²) in [6.07, 6.45) is 0. The minimum absolute atomic E-state index is 0.138. The molecule has 0 atom stereocenters. The largest absolute Gasteiger partial charge is 0.496 e. The summed E-state index contributed by atoms with van der Waals surface area (Å²) < 4.78 is 5.54. The Hall–Kier alpha value is -1.02. The minimum Gasteiger partial charge on any atom is -0.496 e. The second-order valence-corrected chi connectivity index (χ2v) is 5.57. The number of aryl methyl sites for hydroxylation is 1. The number of aliphatic hydroxyl groups excluding tert-OH is 1. The molecule has 0 bridgehead atoms. The summed E-state index contributed by atoms with van der Waals surface area (Å²) in [6.45, 7) is 10.6. The monoisotopic (exact) mass is 236 g/mol. The van der Waals surface area contributed by atoms with Crippen molar-refractivity contribution in [2.75, 3.05) is 13.7 Å². The number of benzene rings is 1. The maximum atomic E-state index is 9.55. The van der Waals surface area contributed by atoms with E-state index in [4.69, 9.17) is 4.74 Å². The van der Waals surface area contributed by atoms with E-state index >= 15 is 0 Å². The minimum atomic E-state index is -0.236. The highest BCUT2D eigenvalue weighted by Crippen LogP contribution is 2.38. The third kappa shape index (κ3) is 2.63. The van der Waals surface area contributed by atoms with E-state index < -0.39 is 0 Å². The van der Waals surface area contributed by atoms with Crippen molar-refractivity contribution in [3.05, 3.63) is 28.8 Å². The van der Waals surface area contributed by atoms with Crippen molar-refractivity contribution in [1.82, 2.24) is 0 Å². The van der Waals surface area contributed by atoms with Crippen LogP contribution in [0.3, 0.4) is 0 Å². The van der Waals surface area contributed by atoms with Gasteiger partial charge in [0.15, 0.2) is 0 Å². The predicted octanol–water partition coefficient (Wildman–Crippen LogP) is 3.40. The van der Waals surface area contributed by atoms with Crippen molar-refractivity contribution >= 4 is 0 Å². The molecule has 0 aromatic heterocycles. The molecular weight excluding hydrogens is 212 g/mol. The number of hydrogen-bond acceptors (Lipinski definition) is 2. The van der Waals surface area contributed by atoms with Gasteiger partial charge in [-0.2, -0.15) is 0 Å². The van der Waals surface area contributed by atoms with Gasteiger partial charge in [0.1, 0.15) is 5.75 Å². The van der Waals surface area contributed by atoms with E-state index in [0.717, 1.165) is 11.3 Å². The van der Waals surface area contributed by atoms with Crippen molar-refractivity contribution < 1.29 is 9.84 Å². The molecule has 1 aromatic rings. The van der Waals surface area contributed by atoms with E-state index in [1.807, 2.05) is 0 Å². The van der Waals surface area contributed by atoms with Gasteiger partial charge in [0, 0.05) is 11.0 Å². The third-order valence-corrected chi connectivity index (χ3v) is 3.30. The zero-order valence-corrected chi connectivity index (χ0v) is 11.8. The molecule has 0 saturated heterocycles. The van der Waals surface area contributed by atoms with Crippen molar-refractivity contribution in [2.45, 2.75) is 46.0 Å². The number of ether oxygens (including phenoxy) is 1. The maximum absolute atomic E-state index is 9.55. The first-order valence-electron chi connectivity index (χ1n) is 6.14. The normalized spacial score (nSPS) is 12.0. The highest BCUT2D eigenvalue weighted by atomic mass is 16.5. The number of hydrogen-bond donors (Lipinski definition) is 1. The summed E-state index contributed by atoms with van der Waals surface area (Å²) in [7, 11) is 1.71. The lowest BCUT2D eigenvalue weighted by Crippen LogP contribution is -2.24. The molecule has 2 heteroatoms. The van der Waals surface area contributed by atoms with E-state index in [1.54, 1.807) is 7.11 Å². The van der Waals surface area contributed by atoms with Gasteiger partial charge in [-0.1, -0.05) is 39.8 Å². The number of methoxy groups -OCH3 is 1. The van der Waals surface area contributed by atoms with Gasteiger partial charge < -0.3 is 9.84 Å². The van der Waals surface area contributed by atoms with E-state index in [9.17, 15) is 5.11 Å². The lowest BCUT2D eigenvalue weighted by Gasteiger charge is -2.29. The quantitative estimate of drug-likeness (QED) is 0.868. The molecule has 0 aliphatic rings. The highest BCUT2D eigenvalue weighted by molar-refractivity contribution is 5.50. The molecule has 0 amide bonds. The van der Waals surface area contributed by atoms with Crippen molar-refractivity contribution in [3.8, 4) is 5.75 Å². The summed E-state index contributed by atoms with van der Waals surface area (Å²) >= 11 is 0. The van der Waals surface area contributed by atoms with Crippen LogP contribution in [0.15, 0.2) is 12.1 Å². The van der Waals surface area contributed by atoms with Crippen LogP contribution < -0.4 is 4.74 Å². The standard InChI is InChI=1S/C15H24O2/c1-10(2)13-12(15(4,5)9-16)8-7-11(3)14(13)17-6/h7-8,10,16H,9H2,1-6H3. The Kier molecular flexibility index (Phi) is 4.21. The topological polar surface area (TPSA) is 29.5 Å². The first kappa shape index (κ1) is 14.0. The SMILES string of the molecule is COc1c(C)ccc(C(C)(C)CO)c1C(C)C. The molecule has 2 nitrogen and oxygen atoms in total. The van der Waals surface area contributed by atoms with Gasteiger partial charge in [0.2, 0.25) is 0 Å². The Morgan fingerprint density at radius 3 is 2.29 bits per heavy atom. The smallest absolute Gasteiger partial charge is 0.125 e. The fraction of sp³-hybridized carbons (Fsp3) is 0.600. The van der Waals surface area contributed by atoms with Gasteiger partial charge in [-0.25, -0.2) is 0 Å². The highest BCUT2D eigenvalue weighted by Gasteiger charge is 2.26. The van der Waals surface area contributed by atoms with Crippen LogP contribution in [-0.2, 0) is 5.41 Å². The van der Waals surface area contributed by atoms with Gasteiger partial charge in [0.05, 0.1) is 13.7 Å². The van der Waals surface area contributed by atoms with Gasteiger partial charge in [0.25, 0.3) is 0 Å². The Bertz CT molecular complexity index is 392. The van der Waals surface area contributed by atoms with Gasteiger partial charge in [-0.3, -0.25) is 0 Å². The average molecular weight is 236 g/mol. The third-order valence-electron chi connectivity index (χ3n) is 3.30. The zero-order valence-electron chi connectivity index (χ0n) is 11.8. The van der Waals surface area contributed by atoms with Crippen molar-refractivity contribution in [2.24, 2.45) is 0 Å². The zero-order chi connectivity index (χ0) is 13.2. The molecule has 0 spiro atoms. The summed E-state index contributed by atoms with van der Waals surface area (Å²) in [6, 6.07) is 4.18. The van der Waals surface area contributed by atoms with E-state index in [-0.39, 0.29) is 12.0 Å². The van der Waals surface area contributed by atoms with Gasteiger partial charge in [-0.05, 0) is 24.0 Å². The van der Waals surface area contributed by atoms with Crippen LogP contribution >= 0.6 is 0 Å². The molecule has 0 aliphatic heterocycles. The fourth-order valence-corrected chi connectivity index (χ4v) is 2.23. The molecule has 0 fully saturated rings. The number of aliphatic hydroxyl groups is 1. The lowest BCUT2D eigenvalue weighted by molar-refractivity contribution is 0.217. The maximum Gasteiger partial charge on any atom is 0.125 e. The van der Waals surface area contributed by atoms with Crippen molar-refractivity contribution in [3.63, 3.8) is 0 Å². The summed E-state index contributed by atoms with van der Waals surface area (Å²) in [5.74, 6) is 1.34. The van der Waals surface area contributed by atoms with E-state index in [2.05, 4.69) is 46.8 Å². The molecule has 0 heterocycles. The molecule has 1 rings (SSSR count). The molecule has 17 heavy (non-hydrogen) atoms. The van der Waals surface area contributed by atoms with Crippen LogP contribution in [0.1, 0.15) is 50.3 Å². The van der Waals surface area contributed by atoms with Crippen LogP contribution in [0.2, 0.25) is 0 Å². The lowest BCUT2D eigenvalue weighted by atomic mass is 9.78. The molecule has 1 aromatic carbocycles. The fourth-order valence-electron chi connectivity index (χ4n) is 2.23. The second kappa shape index (κ2) is 5.09. The Morgan fingerprint density at radius 2 is 1.88 bits per heavy atom. The molecule has 0 aliphatic carbocycles. The molecule has 0 unspecified atom stereocenters. The molecule has 0 radical (unpaired) electrons. The van der Waals surface area contributed by atoms with Crippen LogP contribution in [0.5, 0.6) is 5.75 Å². The van der Waals surface area contributed by atoms with Gasteiger partial charge >= 0.3 is 0 Å². The molecule has 1 N–H and O–H groups in total. The Labute approximate surface area is 105 Å². The first-order chi connectivity index (χ1) is 7.85. The van der Waals surface area contributed by atoms with Crippen LogP contribution in [0.4, 0.5) is 0 Å².